The minimum absolute atomic E-state index is 0.267. The molecule has 1 aromatic rings. The SMILES string of the molecule is CC1CSCC1Nc1ccncc1F. The lowest BCUT2D eigenvalue weighted by Gasteiger charge is -2.17. The molecule has 76 valence electrons. The summed E-state index contributed by atoms with van der Waals surface area (Å²) in [4.78, 5) is 3.72. The van der Waals surface area contributed by atoms with Crippen LogP contribution in [0.1, 0.15) is 6.92 Å². The van der Waals surface area contributed by atoms with Gasteiger partial charge in [0.2, 0.25) is 0 Å². The van der Waals surface area contributed by atoms with E-state index < -0.39 is 0 Å². The van der Waals surface area contributed by atoms with Gasteiger partial charge in [0, 0.05) is 18.0 Å². The number of rotatable bonds is 2. The predicted molar refractivity (Wildman–Crippen MR) is 58.1 cm³/mol. The maximum absolute atomic E-state index is 13.2. The molecule has 0 amide bonds. The summed E-state index contributed by atoms with van der Waals surface area (Å²) in [6.07, 6.45) is 2.85. The lowest BCUT2D eigenvalue weighted by molar-refractivity contribution is 0.583. The van der Waals surface area contributed by atoms with Gasteiger partial charge < -0.3 is 5.32 Å². The van der Waals surface area contributed by atoms with E-state index in [1.165, 1.54) is 6.20 Å². The van der Waals surface area contributed by atoms with Crippen LogP contribution in [-0.4, -0.2) is 22.5 Å². The topological polar surface area (TPSA) is 24.9 Å². The van der Waals surface area contributed by atoms with E-state index in [-0.39, 0.29) is 5.82 Å². The molecule has 0 saturated carbocycles. The summed E-state index contributed by atoms with van der Waals surface area (Å²) in [6, 6.07) is 2.07. The van der Waals surface area contributed by atoms with Crippen LogP contribution >= 0.6 is 11.8 Å². The third-order valence-corrected chi connectivity index (χ3v) is 3.83. The highest BCUT2D eigenvalue weighted by Gasteiger charge is 2.24. The Kier molecular flexibility index (Phi) is 2.91. The number of aromatic nitrogens is 1. The summed E-state index contributed by atoms with van der Waals surface area (Å²) in [5.74, 6) is 2.55. The number of halogens is 1. The van der Waals surface area contributed by atoms with Crippen LogP contribution in [0, 0.1) is 11.7 Å². The minimum atomic E-state index is -0.267. The molecule has 0 bridgehead atoms. The van der Waals surface area contributed by atoms with E-state index in [0.717, 1.165) is 11.5 Å². The fraction of sp³-hybridized carbons (Fsp3) is 0.500. The van der Waals surface area contributed by atoms with Crippen molar-refractivity contribution in [3.63, 3.8) is 0 Å². The zero-order valence-corrected chi connectivity index (χ0v) is 8.85. The van der Waals surface area contributed by atoms with Gasteiger partial charge in [0.25, 0.3) is 0 Å². The summed E-state index contributed by atoms with van der Waals surface area (Å²) < 4.78 is 13.2. The number of thioether (sulfide) groups is 1. The summed E-state index contributed by atoms with van der Waals surface area (Å²) in [7, 11) is 0. The molecule has 2 unspecified atom stereocenters. The lowest BCUT2D eigenvalue weighted by Crippen LogP contribution is -2.26. The molecule has 1 saturated heterocycles. The van der Waals surface area contributed by atoms with Crippen molar-refractivity contribution >= 4 is 17.4 Å². The van der Waals surface area contributed by atoms with Gasteiger partial charge in [-0.15, -0.1) is 0 Å². The molecule has 1 N–H and O–H groups in total. The largest absolute Gasteiger partial charge is 0.379 e. The molecule has 14 heavy (non-hydrogen) atoms. The third kappa shape index (κ3) is 2.00. The van der Waals surface area contributed by atoms with Crippen molar-refractivity contribution in [3.8, 4) is 0 Å². The van der Waals surface area contributed by atoms with Gasteiger partial charge in [0.05, 0.1) is 11.9 Å². The first-order valence-corrected chi connectivity index (χ1v) is 5.86. The van der Waals surface area contributed by atoms with E-state index in [4.69, 9.17) is 0 Å². The van der Waals surface area contributed by atoms with Gasteiger partial charge in [0.15, 0.2) is 5.82 Å². The van der Waals surface area contributed by atoms with E-state index in [1.54, 1.807) is 12.3 Å². The Bertz CT molecular complexity index is 319. The Labute approximate surface area is 87.3 Å². The third-order valence-electron chi connectivity index (χ3n) is 2.48. The average Bonchev–Trinajstić information content (AvgIpc) is 2.56. The van der Waals surface area contributed by atoms with Gasteiger partial charge in [-0.2, -0.15) is 11.8 Å². The van der Waals surface area contributed by atoms with Crippen LogP contribution in [0.25, 0.3) is 0 Å². The molecule has 1 fully saturated rings. The summed E-state index contributed by atoms with van der Waals surface area (Å²) >= 11 is 1.91. The van der Waals surface area contributed by atoms with Gasteiger partial charge in [-0.3, -0.25) is 4.98 Å². The molecule has 2 nitrogen and oxygen atoms in total. The molecule has 2 rings (SSSR count). The van der Waals surface area contributed by atoms with Crippen molar-refractivity contribution in [1.29, 1.82) is 0 Å². The summed E-state index contributed by atoms with van der Waals surface area (Å²) in [5, 5.41) is 3.22. The van der Waals surface area contributed by atoms with Crippen LogP contribution in [0.15, 0.2) is 18.5 Å². The second-order valence-corrected chi connectivity index (χ2v) is 4.70. The number of hydrogen-bond acceptors (Lipinski definition) is 3. The Morgan fingerprint density at radius 2 is 2.43 bits per heavy atom. The van der Waals surface area contributed by atoms with E-state index in [9.17, 15) is 4.39 Å². The minimum Gasteiger partial charge on any atom is -0.379 e. The fourth-order valence-electron chi connectivity index (χ4n) is 1.54. The highest BCUT2D eigenvalue weighted by Crippen LogP contribution is 2.27. The standard InChI is InChI=1S/C10H13FN2S/c1-7-5-14-6-10(7)13-9-2-3-12-4-8(9)11/h2-4,7,10H,5-6H2,1H3,(H,12,13). The summed E-state index contributed by atoms with van der Waals surface area (Å²) in [6.45, 7) is 2.19. The first kappa shape index (κ1) is 9.77. The molecular weight excluding hydrogens is 199 g/mol. The molecule has 1 aliphatic heterocycles. The Morgan fingerprint density at radius 1 is 1.57 bits per heavy atom. The van der Waals surface area contributed by atoms with Crippen molar-refractivity contribution < 1.29 is 4.39 Å². The average molecular weight is 212 g/mol. The summed E-state index contributed by atoms with van der Waals surface area (Å²) in [5.41, 5.74) is 0.569. The number of hydrogen-bond donors (Lipinski definition) is 1. The number of nitrogens with zero attached hydrogens (tertiary/aromatic N) is 1. The monoisotopic (exact) mass is 212 g/mol. The Balaban J connectivity index is 2.07. The molecule has 0 aromatic carbocycles. The number of pyridine rings is 1. The lowest BCUT2D eigenvalue weighted by atomic mass is 10.1. The van der Waals surface area contributed by atoms with Crippen molar-refractivity contribution in [2.24, 2.45) is 5.92 Å². The normalized spacial score (nSPS) is 26.4. The second kappa shape index (κ2) is 4.17. The van der Waals surface area contributed by atoms with Crippen LogP contribution < -0.4 is 5.32 Å². The van der Waals surface area contributed by atoms with Crippen molar-refractivity contribution in [1.82, 2.24) is 4.98 Å². The first-order chi connectivity index (χ1) is 6.77. The van der Waals surface area contributed by atoms with Crippen LogP contribution in [0.5, 0.6) is 0 Å². The first-order valence-electron chi connectivity index (χ1n) is 4.71. The maximum atomic E-state index is 13.2. The van der Waals surface area contributed by atoms with Gasteiger partial charge >= 0.3 is 0 Å². The molecule has 0 spiro atoms. The molecule has 1 aliphatic rings. The van der Waals surface area contributed by atoms with Gasteiger partial charge in [0.1, 0.15) is 0 Å². The van der Waals surface area contributed by atoms with Crippen LogP contribution in [-0.2, 0) is 0 Å². The molecule has 0 radical (unpaired) electrons. The number of anilines is 1. The fourth-order valence-corrected chi connectivity index (χ4v) is 2.94. The maximum Gasteiger partial charge on any atom is 0.164 e. The van der Waals surface area contributed by atoms with Gasteiger partial charge in [-0.05, 0) is 17.7 Å². The van der Waals surface area contributed by atoms with E-state index in [1.807, 2.05) is 11.8 Å². The Morgan fingerprint density at radius 3 is 3.07 bits per heavy atom. The molecule has 0 aliphatic carbocycles. The zero-order chi connectivity index (χ0) is 9.97. The van der Waals surface area contributed by atoms with E-state index in [0.29, 0.717) is 17.6 Å². The van der Waals surface area contributed by atoms with Crippen LogP contribution in [0.3, 0.4) is 0 Å². The molecule has 1 aromatic heterocycles. The van der Waals surface area contributed by atoms with Crippen LogP contribution in [0.2, 0.25) is 0 Å². The highest BCUT2D eigenvalue weighted by atomic mass is 32.2. The number of nitrogens with one attached hydrogen (secondary N) is 1. The van der Waals surface area contributed by atoms with E-state index in [2.05, 4.69) is 17.2 Å². The molecule has 4 heteroatoms. The molecule has 2 atom stereocenters. The quantitative estimate of drug-likeness (QED) is 0.814. The highest BCUT2D eigenvalue weighted by molar-refractivity contribution is 7.99. The molecule has 2 heterocycles. The van der Waals surface area contributed by atoms with Crippen LogP contribution in [0.4, 0.5) is 10.1 Å². The predicted octanol–water partition coefficient (Wildman–Crippen LogP) is 2.38. The van der Waals surface area contributed by atoms with Crippen molar-refractivity contribution in [2.45, 2.75) is 13.0 Å². The van der Waals surface area contributed by atoms with E-state index >= 15 is 0 Å². The zero-order valence-electron chi connectivity index (χ0n) is 8.03. The van der Waals surface area contributed by atoms with Crippen molar-refractivity contribution in [2.75, 3.05) is 16.8 Å². The smallest absolute Gasteiger partial charge is 0.164 e. The van der Waals surface area contributed by atoms with Gasteiger partial charge in [-0.25, -0.2) is 4.39 Å². The van der Waals surface area contributed by atoms with Crippen molar-refractivity contribution in [3.05, 3.63) is 24.3 Å². The second-order valence-electron chi connectivity index (χ2n) is 3.62. The molecular formula is C10H13FN2S. The Hall–Kier alpha value is -0.770. The van der Waals surface area contributed by atoms with Gasteiger partial charge in [-0.1, -0.05) is 6.92 Å².